The molecule has 1 fully saturated rings. The number of aliphatic hydroxyl groups is 1. The molecule has 0 amide bonds. The zero-order valence-corrected chi connectivity index (χ0v) is 17.4. The summed E-state index contributed by atoms with van der Waals surface area (Å²) in [6.07, 6.45) is 14.0. The Labute approximate surface area is 156 Å². The highest BCUT2D eigenvalue weighted by Gasteiger charge is 2.29. The SMILES string of the molecule is CCCCCCCCCCCCS(=O)(=O)N1CCC(C(C)CO)CC1. The second-order valence-corrected chi connectivity index (χ2v) is 9.98. The van der Waals surface area contributed by atoms with Gasteiger partial charge in [-0.15, -0.1) is 0 Å². The Morgan fingerprint density at radius 1 is 0.920 bits per heavy atom. The van der Waals surface area contributed by atoms with Crippen molar-refractivity contribution >= 4 is 10.0 Å². The molecule has 0 aliphatic carbocycles. The van der Waals surface area contributed by atoms with Crippen molar-refractivity contribution in [2.24, 2.45) is 11.8 Å². The second-order valence-electron chi connectivity index (χ2n) is 7.89. The van der Waals surface area contributed by atoms with Gasteiger partial charge < -0.3 is 5.11 Å². The fourth-order valence-corrected chi connectivity index (χ4v) is 5.37. The second kappa shape index (κ2) is 13.1. The van der Waals surface area contributed by atoms with Gasteiger partial charge in [-0.25, -0.2) is 12.7 Å². The first-order valence-electron chi connectivity index (χ1n) is 10.6. The van der Waals surface area contributed by atoms with Gasteiger partial charge in [0.25, 0.3) is 0 Å². The van der Waals surface area contributed by atoms with Gasteiger partial charge in [0, 0.05) is 19.7 Å². The summed E-state index contributed by atoms with van der Waals surface area (Å²) in [6.45, 7) is 5.77. The van der Waals surface area contributed by atoms with Crippen molar-refractivity contribution in [1.82, 2.24) is 4.31 Å². The van der Waals surface area contributed by atoms with Crippen molar-refractivity contribution in [1.29, 1.82) is 0 Å². The van der Waals surface area contributed by atoms with Crippen LogP contribution in [0.3, 0.4) is 0 Å². The van der Waals surface area contributed by atoms with Crippen molar-refractivity contribution in [3.63, 3.8) is 0 Å². The summed E-state index contributed by atoms with van der Waals surface area (Å²) in [6, 6.07) is 0. The standard InChI is InChI=1S/C20H41NO3S/c1-3-4-5-6-7-8-9-10-11-12-17-25(23,24)21-15-13-20(14-16-21)19(2)18-22/h19-20,22H,3-18H2,1-2H3. The van der Waals surface area contributed by atoms with Crippen molar-refractivity contribution in [3.05, 3.63) is 0 Å². The molecule has 0 aromatic carbocycles. The Hall–Kier alpha value is -0.130. The normalized spacial score (nSPS) is 18.5. The first kappa shape index (κ1) is 22.9. The van der Waals surface area contributed by atoms with Gasteiger partial charge in [0.05, 0.1) is 5.75 Å². The van der Waals surface area contributed by atoms with E-state index in [0.717, 1.165) is 25.7 Å². The van der Waals surface area contributed by atoms with Crippen LogP contribution >= 0.6 is 0 Å². The third-order valence-electron chi connectivity index (χ3n) is 5.74. The molecular weight excluding hydrogens is 334 g/mol. The number of piperidine rings is 1. The third-order valence-corrected chi connectivity index (χ3v) is 7.70. The van der Waals surface area contributed by atoms with Crippen LogP contribution in [0.25, 0.3) is 0 Å². The average molecular weight is 376 g/mol. The van der Waals surface area contributed by atoms with Crippen LogP contribution in [0.2, 0.25) is 0 Å². The maximum absolute atomic E-state index is 12.4. The number of hydrogen-bond acceptors (Lipinski definition) is 3. The molecule has 1 aliphatic heterocycles. The molecule has 0 spiro atoms. The van der Waals surface area contributed by atoms with Gasteiger partial charge >= 0.3 is 0 Å². The number of rotatable bonds is 14. The lowest BCUT2D eigenvalue weighted by Crippen LogP contribution is -2.41. The highest BCUT2D eigenvalue weighted by Crippen LogP contribution is 2.26. The zero-order valence-electron chi connectivity index (χ0n) is 16.6. The molecule has 150 valence electrons. The van der Waals surface area contributed by atoms with Crippen LogP contribution in [-0.2, 0) is 10.0 Å². The lowest BCUT2D eigenvalue weighted by Gasteiger charge is -2.33. The summed E-state index contributed by atoms with van der Waals surface area (Å²) in [7, 11) is -3.08. The lowest BCUT2D eigenvalue weighted by atomic mass is 9.87. The van der Waals surface area contributed by atoms with Gasteiger partial charge in [-0.1, -0.05) is 71.6 Å². The number of nitrogens with zero attached hydrogens (tertiary/aromatic N) is 1. The summed E-state index contributed by atoms with van der Waals surface area (Å²) in [5.41, 5.74) is 0. The molecule has 0 bridgehead atoms. The maximum Gasteiger partial charge on any atom is 0.214 e. The van der Waals surface area contributed by atoms with Gasteiger partial charge in [0.2, 0.25) is 10.0 Å². The van der Waals surface area contributed by atoms with E-state index in [4.69, 9.17) is 0 Å². The van der Waals surface area contributed by atoms with Crippen LogP contribution in [0, 0.1) is 11.8 Å². The minimum absolute atomic E-state index is 0.204. The van der Waals surface area contributed by atoms with Crippen LogP contribution in [0.1, 0.15) is 90.9 Å². The molecule has 0 aromatic heterocycles. The molecule has 1 aliphatic rings. The molecule has 0 aromatic rings. The van der Waals surface area contributed by atoms with E-state index in [1.54, 1.807) is 4.31 Å². The minimum atomic E-state index is -3.08. The monoisotopic (exact) mass is 375 g/mol. The first-order valence-corrected chi connectivity index (χ1v) is 12.2. The Bertz CT molecular complexity index is 417. The van der Waals surface area contributed by atoms with Crippen LogP contribution in [0.15, 0.2) is 0 Å². The fraction of sp³-hybridized carbons (Fsp3) is 1.00. The number of unbranched alkanes of at least 4 members (excludes halogenated alkanes) is 9. The molecule has 1 heterocycles. The highest BCUT2D eigenvalue weighted by molar-refractivity contribution is 7.89. The highest BCUT2D eigenvalue weighted by atomic mass is 32.2. The van der Waals surface area contributed by atoms with Crippen molar-refractivity contribution in [2.45, 2.75) is 90.9 Å². The van der Waals surface area contributed by atoms with Crippen molar-refractivity contribution in [2.75, 3.05) is 25.4 Å². The van der Waals surface area contributed by atoms with E-state index in [1.807, 2.05) is 0 Å². The van der Waals surface area contributed by atoms with E-state index in [0.29, 0.717) is 24.8 Å². The quantitative estimate of drug-likeness (QED) is 0.452. The number of aliphatic hydroxyl groups excluding tert-OH is 1. The van der Waals surface area contributed by atoms with Crippen LogP contribution in [0.4, 0.5) is 0 Å². The van der Waals surface area contributed by atoms with E-state index < -0.39 is 10.0 Å². The molecule has 25 heavy (non-hydrogen) atoms. The molecule has 1 rings (SSSR count). The van der Waals surface area contributed by atoms with Gasteiger partial charge in [0.1, 0.15) is 0 Å². The summed E-state index contributed by atoms with van der Waals surface area (Å²) < 4.78 is 26.6. The predicted molar refractivity (Wildman–Crippen MR) is 106 cm³/mol. The molecule has 0 saturated carbocycles. The molecule has 1 unspecified atom stereocenters. The molecule has 1 atom stereocenters. The zero-order chi connectivity index (χ0) is 18.5. The van der Waals surface area contributed by atoms with E-state index in [9.17, 15) is 13.5 Å². The van der Waals surface area contributed by atoms with Crippen LogP contribution < -0.4 is 0 Å². The predicted octanol–water partition coefficient (Wildman–Crippen LogP) is 4.58. The fourth-order valence-electron chi connectivity index (χ4n) is 3.77. The molecule has 4 nitrogen and oxygen atoms in total. The average Bonchev–Trinajstić information content (AvgIpc) is 2.62. The summed E-state index contributed by atoms with van der Waals surface area (Å²) in [5, 5.41) is 9.24. The smallest absolute Gasteiger partial charge is 0.214 e. The molecule has 1 saturated heterocycles. The molecule has 5 heteroatoms. The van der Waals surface area contributed by atoms with Gasteiger partial charge in [-0.2, -0.15) is 0 Å². The van der Waals surface area contributed by atoms with E-state index >= 15 is 0 Å². The topological polar surface area (TPSA) is 57.6 Å². The molecule has 1 N–H and O–H groups in total. The maximum atomic E-state index is 12.4. The van der Waals surface area contributed by atoms with Crippen molar-refractivity contribution in [3.8, 4) is 0 Å². The van der Waals surface area contributed by atoms with Crippen LogP contribution in [0.5, 0.6) is 0 Å². The van der Waals surface area contributed by atoms with E-state index in [2.05, 4.69) is 13.8 Å². The van der Waals surface area contributed by atoms with Crippen LogP contribution in [-0.4, -0.2) is 43.3 Å². The molecule has 0 radical (unpaired) electrons. The largest absolute Gasteiger partial charge is 0.396 e. The summed E-state index contributed by atoms with van der Waals surface area (Å²) >= 11 is 0. The Kier molecular flexibility index (Phi) is 12.0. The van der Waals surface area contributed by atoms with E-state index in [1.165, 1.54) is 51.4 Å². The molecular formula is C20H41NO3S. The van der Waals surface area contributed by atoms with Gasteiger partial charge in [0.15, 0.2) is 0 Å². The third kappa shape index (κ3) is 9.39. The van der Waals surface area contributed by atoms with Crippen molar-refractivity contribution < 1.29 is 13.5 Å². The summed E-state index contributed by atoms with van der Waals surface area (Å²) in [4.78, 5) is 0. The number of sulfonamides is 1. The number of hydrogen-bond donors (Lipinski definition) is 1. The first-order chi connectivity index (χ1) is 12.0. The van der Waals surface area contributed by atoms with E-state index in [-0.39, 0.29) is 12.5 Å². The van der Waals surface area contributed by atoms with Gasteiger partial charge in [-0.05, 0) is 31.1 Å². The minimum Gasteiger partial charge on any atom is -0.396 e. The Balaban J connectivity index is 2.08. The Morgan fingerprint density at radius 2 is 1.40 bits per heavy atom. The Morgan fingerprint density at radius 3 is 1.88 bits per heavy atom. The lowest BCUT2D eigenvalue weighted by molar-refractivity contribution is 0.146. The van der Waals surface area contributed by atoms with Gasteiger partial charge in [-0.3, -0.25) is 0 Å². The summed E-state index contributed by atoms with van der Waals surface area (Å²) in [5.74, 6) is 1.06.